The Kier molecular flexibility index (Phi) is 3.47. The number of ether oxygens (including phenoxy) is 1. The number of carbonyl (C=O) groups is 1. The average Bonchev–Trinajstić information content (AvgIpc) is 3.02. The van der Waals surface area contributed by atoms with E-state index >= 15 is 0 Å². The molecule has 3 rings (SSSR count). The standard InChI is InChI=1S/C14H13N3O2S/c1-2-19-13(18)7-10-9-20-14-16-12(8-17(10)14)11-5-3-4-6-15-11/h3-6,8-9H,2,7H2,1H3. The molecule has 0 atom stereocenters. The van der Waals surface area contributed by atoms with Crippen molar-refractivity contribution in [3.05, 3.63) is 41.7 Å². The third-order valence-corrected chi connectivity index (χ3v) is 3.73. The number of hydrogen-bond donors (Lipinski definition) is 0. The molecule has 0 N–H and O–H groups in total. The van der Waals surface area contributed by atoms with E-state index in [0.29, 0.717) is 6.61 Å². The molecule has 3 heterocycles. The quantitative estimate of drug-likeness (QED) is 0.692. The Morgan fingerprint density at radius 2 is 2.30 bits per heavy atom. The van der Waals surface area contributed by atoms with Gasteiger partial charge in [0.25, 0.3) is 0 Å². The van der Waals surface area contributed by atoms with E-state index in [0.717, 1.165) is 22.0 Å². The zero-order chi connectivity index (χ0) is 13.9. The molecule has 0 aliphatic rings. The van der Waals surface area contributed by atoms with Crippen LogP contribution in [0.1, 0.15) is 12.6 Å². The maximum Gasteiger partial charge on any atom is 0.311 e. The molecule has 3 aromatic rings. The Labute approximate surface area is 119 Å². The van der Waals surface area contributed by atoms with Gasteiger partial charge in [-0.2, -0.15) is 0 Å². The molecule has 0 saturated heterocycles. The fourth-order valence-corrected chi connectivity index (χ4v) is 2.83. The zero-order valence-electron chi connectivity index (χ0n) is 10.9. The molecule has 0 aromatic carbocycles. The maximum atomic E-state index is 11.6. The van der Waals surface area contributed by atoms with Crippen molar-refractivity contribution in [2.75, 3.05) is 6.61 Å². The van der Waals surface area contributed by atoms with Crippen LogP contribution in [0.5, 0.6) is 0 Å². The number of aromatic nitrogens is 3. The number of pyridine rings is 1. The molecule has 0 amide bonds. The fraction of sp³-hybridized carbons (Fsp3) is 0.214. The van der Waals surface area contributed by atoms with E-state index in [1.54, 1.807) is 13.1 Å². The van der Waals surface area contributed by atoms with Crippen LogP contribution in [-0.4, -0.2) is 26.9 Å². The third kappa shape index (κ3) is 2.42. The van der Waals surface area contributed by atoms with Crippen LogP contribution in [0.3, 0.4) is 0 Å². The van der Waals surface area contributed by atoms with E-state index < -0.39 is 0 Å². The molecule has 3 aromatic heterocycles. The van der Waals surface area contributed by atoms with Gasteiger partial charge in [-0.05, 0) is 19.1 Å². The Bertz CT molecular complexity index is 733. The summed E-state index contributed by atoms with van der Waals surface area (Å²) >= 11 is 1.51. The number of hydrogen-bond acceptors (Lipinski definition) is 5. The van der Waals surface area contributed by atoms with Crippen molar-refractivity contribution in [3.8, 4) is 11.4 Å². The van der Waals surface area contributed by atoms with Crippen molar-refractivity contribution in [3.63, 3.8) is 0 Å². The highest BCUT2D eigenvalue weighted by Crippen LogP contribution is 2.22. The molecule has 6 heteroatoms. The lowest BCUT2D eigenvalue weighted by molar-refractivity contribution is -0.142. The van der Waals surface area contributed by atoms with Gasteiger partial charge in [-0.25, -0.2) is 4.98 Å². The normalized spacial score (nSPS) is 10.8. The number of thiazole rings is 1. The summed E-state index contributed by atoms with van der Waals surface area (Å²) in [7, 11) is 0. The molecule has 0 aliphatic heterocycles. The number of rotatable bonds is 4. The van der Waals surface area contributed by atoms with Crippen molar-refractivity contribution >= 4 is 22.3 Å². The second-order valence-electron chi connectivity index (χ2n) is 4.20. The Morgan fingerprint density at radius 3 is 3.05 bits per heavy atom. The van der Waals surface area contributed by atoms with Crippen molar-refractivity contribution in [1.82, 2.24) is 14.4 Å². The molecular formula is C14H13N3O2S. The lowest BCUT2D eigenvalue weighted by atomic mass is 10.3. The average molecular weight is 287 g/mol. The Hall–Kier alpha value is -2.21. The number of carbonyl (C=O) groups excluding carboxylic acids is 1. The highest BCUT2D eigenvalue weighted by molar-refractivity contribution is 7.15. The number of esters is 1. The Balaban J connectivity index is 1.93. The smallest absolute Gasteiger partial charge is 0.311 e. The summed E-state index contributed by atoms with van der Waals surface area (Å²) in [6, 6.07) is 5.71. The van der Waals surface area contributed by atoms with Crippen LogP contribution in [0, 0.1) is 0 Å². The first-order valence-corrected chi connectivity index (χ1v) is 7.18. The molecule has 102 valence electrons. The maximum absolute atomic E-state index is 11.6. The number of imidazole rings is 1. The van der Waals surface area contributed by atoms with Gasteiger partial charge in [0, 0.05) is 23.5 Å². The SMILES string of the molecule is CCOC(=O)Cc1csc2nc(-c3ccccn3)cn12. The summed E-state index contributed by atoms with van der Waals surface area (Å²) in [6.07, 6.45) is 3.90. The third-order valence-electron chi connectivity index (χ3n) is 2.84. The van der Waals surface area contributed by atoms with Gasteiger partial charge in [0.15, 0.2) is 4.96 Å². The summed E-state index contributed by atoms with van der Waals surface area (Å²) < 4.78 is 6.90. The van der Waals surface area contributed by atoms with Crippen LogP contribution in [0.4, 0.5) is 0 Å². The summed E-state index contributed by atoms with van der Waals surface area (Å²) in [6.45, 7) is 2.20. The minimum absolute atomic E-state index is 0.222. The van der Waals surface area contributed by atoms with E-state index in [-0.39, 0.29) is 12.4 Å². The lowest BCUT2D eigenvalue weighted by Gasteiger charge is -2.00. The largest absolute Gasteiger partial charge is 0.466 e. The second-order valence-corrected chi connectivity index (χ2v) is 5.04. The van der Waals surface area contributed by atoms with E-state index in [1.165, 1.54) is 11.3 Å². The van der Waals surface area contributed by atoms with E-state index in [1.807, 2.05) is 34.2 Å². The molecule has 20 heavy (non-hydrogen) atoms. The van der Waals surface area contributed by atoms with Gasteiger partial charge in [-0.3, -0.25) is 14.2 Å². The zero-order valence-corrected chi connectivity index (χ0v) is 11.8. The summed E-state index contributed by atoms with van der Waals surface area (Å²) in [5.41, 5.74) is 2.52. The molecule has 0 aliphatic carbocycles. The highest BCUT2D eigenvalue weighted by Gasteiger charge is 2.13. The summed E-state index contributed by atoms with van der Waals surface area (Å²) in [5.74, 6) is -0.222. The van der Waals surface area contributed by atoms with Gasteiger partial charge in [-0.1, -0.05) is 6.07 Å². The first kappa shape index (κ1) is 12.8. The van der Waals surface area contributed by atoms with Crippen molar-refractivity contribution < 1.29 is 9.53 Å². The van der Waals surface area contributed by atoms with E-state index in [9.17, 15) is 4.79 Å². The minimum atomic E-state index is -0.222. The van der Waals surface area contributed by atoms with Crippen LogP contribution >= 0.6 is 11.3 Å². The Morgan fingerprint density at radius 1 is 1.40 bits per heavy atom. The minimum Gasteiger partial charge on any atom is -0.466 e. The molecule has 0 unspecified atom stereocenters. The van der Waals surface area contributed by atoms with Crippen molar-refractivity contribution in [2.24, 2.45) is 0 Å². The predicted molar refractivity (Wildman–Crippen MR) is 76.6 cm³/mol. The van der Waals surface area contributed by atoms with Crippen LogP contribution in [0.15, 0.2) is 36.0 Å². The monoisotopic (exact) mass is 287 g/mol. The van der Waals surface area contributed by atoms with Gasteiger partial charge in [0.2, 0.25) is 0 Å². The molecule has 0 saturated carbocycles. The molecule has 0 fully saturated rings. The van der Waals surface area contributed by atoms with E-state index in [2.05, 4.69) is 9.97 Å². The first-order chi connectivity index (χ1) is 9.78. The molecule has 5 nitrogen and oxygen atoms in total. The molecule has 0 bridgehead atoms. The number of fused-ring (bicyclic) bond motifs is 1. The van der Waals surface area contributed by atoms with Crippen LogP contribution in [-0.2, 0) is 16.0 Å². The van der Waals surface area contributed by atoms with Gasteiger partial charge >= 0.3 is 5.97 Å². The lowest BCUT2D eigenvalue weighted by Crippen LogP contribution is -2.08. The van der Waals surface area contributed by atoms with Gasteiger partial charge in [-0.15, -0.1) is 11.3 Å². The van der Waals surface area contributed by atoms with Crippen molar-refractivity contribution in [2.45, 2.75) is 13.3 Å². The topological polar surface area (TPSA) is 56.5 Å². The van der Waals surface area contributed by atoms with Gasteiger partial charge in [0.1, 0.15) is 5.69 Å². The van der Waals surface area contributed by atoms with Crippen LogP contribution < -0.4 is 0 Å². The molecular weight excluding hydrogens is 274 g/mol. The fourth-order valence-electron chi connectivity index (χ4n) is 1.95. The predicted octanol–water partition coefficient (Wildman–Crippen LogP) is 2.56. The summed E-state index contributed by atoms with van der Waals surface area (Å²) in [5, 5.41) is 1.93. The van der Waals surface area contributed by atoms with Crippen LogP contribution in [0.25, 0.3) is 16.3 Å². The van der Waals surface area contributed by atoms with Crippen LogP contribution in [0.2, 0.25) is 0 Å². The molecule has 0 spiro atoms. The summed E-state index contributed by atoms with van der Waals surface area (Å²) in [4.78, 5) is 21.2. The first-order valence-electron chi connectivity index (χ1n) is 6.30. The van der Waals surface area contributed by atoms with Gasteiger partial charge in [0.05, 0.1) is 18.7 Å². The highest BCUT2D eigenvalue weighted by atomic mass is 32.1. The number of nitrogens with zero attached hydrogens (tertiary/aromatic N) is 3. The van der Waals surface area contributed by atoms with E-state index in [4.69, 9.17) is 4.74 Å². The van der Waals surface area contributed by atoms with Crippen molar-refractivity contribution in [1.29, 1.82) is 0 Å². The van der Waals surface area contributed by atoms with Gasteiger partial charge < -0.3 is 4.74 Å². The second kappa shape index (κ2) is 5.42. The molecule has 0 radical (unpaired) electrons.